The Morgan fingerprint density at radius 1 is 1.38 bits per heavy atom. The number of nitrogens with one attached hydrogen (secondary N) is 3. The molecule has 120 valence electrons. The molecule has 0 radical (unpaired) electrons. The van der Waals surface area contributed by atoms with Gasteiger partial charge in [-0.3, -0.25) is 0 Å². The van der Waals surface area contributed by atoms with E-state index in [1.54, 1.807) is 24.4 Å². The minimum atomic E-state index is -0.828. The summed E-state index contributed by atoms with van der Waals surface area (Å²) < 4.78 is 0. The van der Waals surface area contributed by atoms with E-state index in [0.717, 1.165) is 27.8 Å². The van der Waals surface area contributed by atoms with Crippen molar-refractivity contribution in [2.75, 3.05) is 10.6 Å². The second kappa shape index (κ2) is 5.39. The normalized spacial score (nSPS) is 17.7. The Morgan fingerprint density at radius 2 is 2.25 bits per heavy atom. The van der Waals surface area contributed by atoms with E-state index in [1.165, 1.54) is 0 Å². The molecule has 0 aliphatic carbocycles. The van der Waals surface area contributed by atoms with Gasteiger partial charge in [0.05, 0.1) is 0 Å². The van der Waals surface area contributed by atoms with Gasteiger partial charge >= 0.3 is 6.03 Å². The summed E-state index contributed by atoms with van der Waals surface area (Å²) in [7, 11) is 0. The van der Waals surface area contributed by atoms with E-state index in [9.17, 15) is 9.90 Å². The molecule has 1 aliphatic heterocycles. The zero-order chi connectivity index (χ0) is 16.7. The number of aromatic amines is 1. The second-order valence-corrected chi connectivity index (χ2v) is 5.54. The van der Waals surface area contributed by atoms with Crippen molar-refractivity contribution in [1.29, 1.82) is 0 Å². The van der Waals surface area contributed by atoms with Crippen molar-refractivity contribution in [1.82, 2.24) is 9.97 Å². The van der Waals surface area contributed by atoms with E-state index in [1.807, 2.05) is 24.4 Å². The Bertz CT molecular complexity index is 976. The highest BCUT2D eigenvalue weighted by molar-refractivity contribution is 6.00. The minimum Gasteiger partial charge on any atom is -0.369 e. The molecule has 24 heavy (non-hydrogen) atoms. The number of hydrogen-bond donors (Lipinski definition) is 5. The molecule has 1 aromatic carbocycles. The molecule has 3 aromatic rings. The molecule has 1 aliphatic rings. The Labute approximate surface area is 137 Å². The number of anilines is 2. The van der Waals surface area contributed by atoms with E-state index >= 15 is 0 Å². The number of hydrogen-bond acceptors (Lipinski definition) is 4. The summed E-state index contributed by atoms with van der Waals surface area (Å²) >= 11 is 0. The summed E-state index contributed by atoms with van der Waals surface area (Å²) in [5, 5.41) is 16.9. The number of carbonyl (C=O) groups excluding carboxylic acids is 1. The van der Waals surface area contributed by atoms with Gasteiger partial charge < -0.3 is 26.5 Å². The number of fused-ring (bicyclic) bond motifs is 2. The topological polar surface area (TPSA) is 116 Å². The average Bonchev–Trinajstić information content (AvgIpc) is 3.09. The summed E-state index contributed by atoms with van der Waals surface area (Å²) in [5.74, 6) is 0. The SMILES string of the molecule is NC(=O)Nc1ccc2c(c1)C(=Cc1c[nH]c3ncccc13)C(O)N2. The number of nitrogens with zero attached hydrogens (tertiary/aromatic N) is 1. The average molecular weight is 321 g/mol. The van der Waals surface area contributed by atoms with Crippen LogP contribution in [0.5, 0.6) is 0 Å². The molecule has 7 nitrogen and oxygen atoms in total. The lowest BCUT2D eigenvalue weighted by Crippen LogP contribution is -2.19. The number of nitrogens with two attached hydrogens (primary N) is 1. The lowest BCUT2D eigenvalue weighted by Gasteiger charge is -2.06. The lowest BCUT2D eigenvalue weighted by atomic mass is 10.0. The molecule has 6 N–H and O–H groups in total. The fourth-order valence-electron chi connectivity index (χ4n) is 2.92. The summed E-state index contributed by atoms with van der Waals surface area (Å²) in [4.78, 5) is 18.4. The molecule has 0 fully saturated rings. The number of aliphatic hydroxyl groups is 1. The van der Waals surface area contributed by atoms with Crippen LogP contribution in [-0.2, 0) is 0 Å². The van der Waals surface area contributed by atoms with E-state index < -0.39 is 12.3 Å². The van der Waals surface area contributed by atoms with Gasteiger partial charge in [0, 0.05) is 45.9 Å². The molecule has 7 heteroatoms. The Morgan fingerprint density at radius 3 is 3.08 bits per heavy atom. The molecule has 0 saturated carbocycles. The third kappa shape index (κ3) is 2.37. The van der Waals surface area contributed by atoms with Gasteiger partial charge in [-0.2, -0.15) is 0 Å². The summed E-state index contributed by atoms with van der Waals surface area (Å²) in [6, 6.07) is 8.50. The fourth-order valence-corrected chi connectivity index (χ4v) is 2.92. The van der Waals surface area contributed by atoms with Gasteiger partial charge in [0.25, 0.3) is 0 Å². The van der Waals surface area contributed by atoms with Crippen LogP contribution in [0.25, 0.3) is 22.7 Å². The molecule has 4 rings (SSSR count). The van der Waals surface area contributed by atoms with E-state index in [2.05, 4.69) is 20.6 Å². The van der Waals surface area contributed by atoms with Crippen LogP contribution in [-0.4, -0.2) is 27.3 Å². The number of aromatic nitrogens is 2. The van der Waals surface area contributed by atoms with Crippen LogP contribution in [0.1, 0.15) is 11.1 Å². The van der Waals surface area contributed by atoms with Crippen molar-refractivity contribution in [2.24, 2.45) is 5.73 Å². The zero-order valence-electron chi connectivity index (χ0n) is 12.6. The smallest absolute Gasteiger partial charge is 0.316 e. The molecule has 0 saturated heterocycles. The van der Waals surface area contributed by atoms with Gasteiger partial charge in [-0.25, -0.2) is 9.78 Å². The van der Waals surface area contributed by atoms with Crippen molar-refractivity contribution in [3.8, 4) is 0 Å². The number of pyridine rings is 1. The van der Waals surface area contributed by atoms with Crippen molar-refractivity contribution >= 4 is 40.1 Å². The monoisotopic (exact) mass is 321 g/mol. The second-order valence-electron chi connectivity index (χ2n) is 5.54. The molecule has 2 aromatic heterocycles. The van der Waals surface area contributed by atoms with E-state index in [-0.39, 0.29) is 0 Å². The predicted octanol–water partition coefficient (Wildman–Crippen LogP) is 2.34. The molecule has 1 atom stereocenters. The van der Waals surface area contributed by atoms with Crippen LogP contribution in [0, 0.1) is 0 Å². The Kier molecular flexibility index (Phi) is 3.21. The van der Waals surface area contributed by atoms with Gasteiger partial charge in [-0.15, -0.1) is 0 Å². The number of urea groups is 1. The molecule has 3 heterocycles. The van der Waals surface area contributed by atoms with Crippen LogP contribution < -0.4 is 16.4 Å². The first-order valence-corrected chi connectivity index (χ1v) is 7.41. The number of primary amides is 1. The number of rotatable bonds is 2. The molecule has 1 unspecified atom stereocenters. The summed E-state index contributed by atoms with van der Waals surface area (Å²) in [6.45, 7) is 0. The highest BCUT2D eigenvalue weighted by atomic mass is 16.3. The summed E-state index contributed by atoms with van der Waals surface area (Å²) in [6.07, 6.45) is 4.64. The number of benzene rings is 1. The maximum Gasteiger partial charge on any atom is 0.316 e. The number of H-pyrrole nitrogens is 1. The van der Waals surface area contributed by atoms with E-state index in [0.29, 0.717) is 11.3 Å². The number of amides is 2. The standard InChI is InChI=1S/C17H15N5O2/c18-17(24)21-10-3-4-14-12(7-10)13(16(23)22-14)6-9-8-20-15-11(9)2-1-5-19-15/h1-8,16,22-23H,(H,19,20)(H3,18,21,24). The van der Waals surface area contributed by atoms with Crippen LogP contribution in [0.4, 0.5) is 16.2 Å². The largest absolute Gasteiger partial charge is 0.369 e. The summed E-state index contributed by atoms with van der Waals surface area (Å²) in [5.41, 5.74) is 9.76. The van der Waals surface area contributed by atoms with Gasteiger partial charge in [-0.1, -0.05) is 0 Å². The third-order valence-electron chi connectivity index (χ3n) is 3.98. The van der Waals surface area contributed by atoms with Gasteiger partial charge in [0.15, 0.2) is 6.23 Å². The van der Waals surface area contributed by atoms with Gasteiger partial charge in [-0.05, 0) is 36.4 Å². The first-order chi connectivity index (χ1) is 11.6. The highest BCUT2D eigenvalue weighted by Gasteiger charge is 2.25. The minimum absolute atomic E-state index is 0.573. The third-order valence-corrected chi connectivity index (χ3v) is 3.98. The molecule has 2 amide bonds. The zero-order valence-corrected chi connectivity index (χ0v) is 12.6. The highest BCUT2D eigenvalue weighted by Crippen LogP contribution is 2.37. The Balaban J connectivity index is 1.80. The number of carbonyl (C=O) groups is 1. The molecule has 0 spiro atoms. The van der Waals surface area contributed by atoms with E-state index in [4.69, 9.17) is 5.73 Å². The fraction of sp³-hybridized carbons (Fsp3) is 0.0588. The van der Waals surface area contributed by atoms with Crippen LogP contribution in [0.3, 0.4) is 0 Å². The Hall–Kier alpha value is -3.32. The lowest BCUT2D eigenvalue weighted by molar-refractivity contribution is 0.259. The molecular formula is C17H15N5O2. The predicted molar refractivity (Wildman–Crippen MR) is 93.2 cm³/mol. The van der Waals surface area contributed by atoms with Crippen molar-refractivity contribution < 1.29 is 9.90 Å². The first-order valence-electron chi connectivity index (χ1n) is 7.41. The molecular weight excluding hydrogens is 306 g/mol. The van der Waals surface area contributed by atoms with Crippen molar-refractivity contribution in [2.45, 2.75) is 6.23 Å². The number of aliphatic hydroxyl groups excluding tert-OH is 1. The van der Waals surface area contributed by atoms with Crippen LogP contribution >= 0.6 is 0 Å². The van der Waals surface area contributed by atoms with Crippen molar-refractivity contribution in [3.05, 3.63) is 53.9 Å². The maximum absolute atomic E-state index is 11.0. The van der Waals surface area contributed by atoms with Gasteiger partial charge in [0.1, 0.15) is 5.65 Å². The van der Waals surface area contributed by atoms with Crippen LogP contribution in [0.15, 0.2) is 42.7 Å². The maximum atomic E-state index is 11.0. The van der Waals surface area contributed by atoms with Crippen molar-refractivity contribution in [3.63, 3.8) is 0 Å². The van der Waals surface area contributed by atoms with Crippen LogP contribution in [0.2, 0.25) is 0 Å². The molecule has 0 bridgehead atoms. The quantitative estimate of drug-likeness (QED) is 0.498. The first kappa shape index (κ1) is 14.3. The van der Waals surface area contributed by atoms with Gasteiger partial charge in [0.2, 0.25) is 0 Å².